The molecule has 0 unspecified atom stereocenters. The number of carbonyl (C=O) groups is 4. The number of likely N-dealkylation sites (N-methyl/N-ethyl adjacent to an activating group) is 1. The van der Waals surface area contributed by atoms with Gasteiger partial charge in [0.2, 0.25) is 0 Å². The van der Waals surface area contributed by atoms with Crippen molar-refractivity contribution in [1.82, 2.24) is 4.90 Å². The number of barbiturate groups is 1. The summed E-state index contributed by atoms with van der Waals surface area (Å²) in [6, 6.07) is 16.4. The molecule has 0 spiro atoms. The van der Waals surface area contributed by atoms with Crippen molar-refractivity contribution in [1.29, 1.82) is 0 Å². The normalized spacial score (nSPS) is 17.5. The van der Waals surface area contributed by atoms with Gasteiger partial charge in [0.05, 0.1) is 21.8 Å². The maximum atomic E-state index is 13.3. The van der Waals surface area contributed by atoms with Crippen LogP contribution in [0.3, 0.4) is 0 Å². The molecular formula is C37H35K2N3O8S. The fourth-order valence-corrected chi connectivity index (χ4v) is 6.86. The van der Waals surface area contributed by atoms with Crippen molar-refractivity contribution < 1.29 is 140 Å². The van der Waals surface area contributed by atoms with E-state index in [4.69, 9.17) is 0 Å². The van der Waals surface area contributed by atoms with E-state index in [1.807, 2.05) is 24.3 Å². The zero-order valence-electron chi connectivity index (χ0n) is 29.3. The van der Waals surface area contributed by atoms with Gasteiger partial charge in [-0.25, -0.2) is 18.1 Å². The number of carboxylic acids is 1. The van der Waals surface area contributed by atoms with Crippen molar-refractivity contribution in [3.8, 4) is 0 Å². The Morgan fingerprint density at radius 2 is 1.47 bits per heavy atom. The van der Waals surface area contributed by atoms with Crippen LogP contribution in [-0.2, 0) is 25.1 Å². The number of hydrogen-bond acceptors (Lipinski definition) is 9. The number of urea groups is 1. The Morgan fingerprint density at radius 1 is 0.824 bits per heavy atom. The summed E-state index contributed by atoms with van der Waals surface area (Å²) in [5.74, 6) is -3.41. The number of aromatic carboxylic acids is 1. The largest absolute Gasteiger partial charge is 1.00 e. The molecule has 0 aromatic heterocycles. The van der Waals surface area contributed by atoms with Gasteiger partial charge in [0.15, 0.2) is 0 Å². The monoisotopic (exact) mass is 759 g/mol. The Hall–Kier alpha value is -2.06. The van der Waals surface area contributed by atoms with Crippen molar-refractivity contribution in [2.24, 2.45) is 0 Å². The van der Waals surface area contributed by atoms with Gasteiger partial charge in [-0.15, -0.1) is 0 Å². The molecule has 254 valence electrons. The second-order valence-corrected chi connectivity index (χ2v) is 13.7. The average molecular weight is 760 g/mol. The molecule has 0 aliphatic carbocycles. The minimum atomic E-state index is -4.31. The van der Waals surface area contributed by atoms with Crippen LogP contribution in [0.15, 0.2) is 108 Å². The molecule has 3 aromatic rings. The third kappa shape index (κ3) is 9.55. The van der Waals surface area contributed by atoms with E-state index in [1.165, 1.54) is 36.4 Å². The number of carboxylic acid groups (broad SMARTS) is 1. The molecule has 0 N–H and O–H groups in total. The van der Waals surface area contributed by atoms with E-state index in [2.05, 4.69) is 43.0 Å². The smallest absolute Gasteiger partial charge is 0.748 e. The Labute approximate surface area is 382 Å². The zero-order valence-corrected chi connectivity index (χ0v) is 36.4. The molecule has 4 amide bonds. The topological polar surface area (TPSA) is 158 Å². The van der Waals surface area contributed by atoms with E-state index in [0.29, 0.717) is 13.0 Å². The fraction of sp³-hybridized carbons (Fsp3) is 0.243. The molecule has 2 aliphatic heterocycles. The molecule has 5 rings (SSSR count). The molecule has 1 fully saturated rings. The second kappa shape index (κ2) is 18.3. The number of imide groups is 2. The molecule has 2 aliphatic rings. The summed E-state index contributed by atoms with van der Waals surface area (Å²) in [5, 5.41) is 13.4. The van der Waals surface area contributed by atoms with Crippen molar-refractivity contribution in [2.45, 2.75) is 39.0 Å². The average Bonchev–Trinajstić information content (AvgIpc) is 3.27. The van der Waals surface area contributed by atoms with E-state index < -0.39 is 45.1 Å². The maximum Gasteiger partial charge on any atom is 1.00 e. The molecule has 51 heavy (non-hydrogen) atoms. The predicted molar refractivity (Wildman–Crippen MR) is 184 cm³/mol. The quantitative estimate of drug-likeness (QED) is 0.0571. The molecule has 0 atom stereocenters. The van der Waals surface area contributed by atoms with Gasteiger partial charge in [0.25, 0.3) is 11.8 Å². The van der Waals surface area contributed by atoms with Crippen LogP contribution in [0.25, 0.3) is 10.8 Å². The first-order chi connectivity index (χ1) is 23.3. The Balaban J connectivity index is 0.00000351. The number of rotatable bonds is 11. The van der Waals surface area contributed by atoms with Crippen LogP contribution in [-0.4, -0.2) is 60.5 Å². The van der Waals surface area contributed by atoms with Gasteiger partial charge < -0.3 is 19.4 Å². The summed E-state index contributed by atoms with van der Waals surface area (Å²) in [7, 11) is -4.31. The van der Waals surface area contributed by atoms with E-state index in [1.54, 1.807) is 19.1 Å². The molecule has 0 saturated carbocycles. The summed E-state index contributed by atoms with van der Waals surface area (Å²) in [4.78, 5) is 54.5. The first-order valence-electron chi connectivity index (χ1n) is 15.8. The Morgan fingerprint density at radius 3 is 2.10 bits per heavy atom. The molecule has 14 heteroatoms. The van der Waals surface area contributed by atoms with Crippen molar-refractivity contribution in [2.75, 3.05) is 28.6 Å². The summed E-state index contributed by atoms with van der Waals surface area (Å²) in [5.41, 5.74) is 2.46. The van der Waals surface area contributed by atoms with Gasteiger partial charge in [-0.3, -0.25) is 14.5 Å². The van der Waals surface area contributed by atoms with Gasteiger partial charge in [-0.2, -0.15) is 0 Å². The third-order valence-electron chi connectivity index (χ3n) is 8.64. The second-order valence-electron chi connectivity index (χ2n) is 12.1. The molecule has 1 saturated heterocycles. The van der Waals surface area contributed by atoms with Crippen LogP contribution in [0, 0.1) is 0 Å². The van der Waals surface area contributed by atoms with Crippen LogP contribution in [0.4, 0.5) is 16.2 Å². The first kappa shape index (κ1) is 43.3. The van der Waals surface area contributed by atoms with Gasteiger partial charge in [-0.1, -0.05) is 80.6 Å². The summed E-state index contributed by atoms with van der Waals surface area (Å²) >= 11 is 0. The Bertz CT molecular complexity index is 2070. The summed E-state index contributed by atoms with van der Waals surface area (Å²) in [6.07, 6.45) is 10.8. The number of allylic oxidation sites excluding steroid dienone is 7. The fourth-order valence-electron chi connectivity index (χ4n) is 6.30. The molecule has 2 heterocycles. The number of carbonyl (C=O) groups excluding carboxylic acids is 4. The van der Waals surface area contributed by atoms with Crippen LogP contribution in [0.1, 0.15) is 49.5 Å². The molecule has 11 nitrogen and oxygen atoms in total. The van der Waals surface area contributed by atoms with E-state index in [-0.39, 0.29) is 133 Å². The first-order valence-corrected chi connectivity index (χ1v) is 17.3. The van der Waals surface area contributed by atoms with Gasteiger partial charge in [-0.05, 0) is 72.0 Å². The Kier molecular flexibility index (Phi) is 15.6. The van der Waals surface area contributed by atoms with Crippen molar-refractivity contribution in [3.05, 3.63) is 120 Å². The minimum Gasteiger partial charge on any atom is -0.748 e. The zero-order chi connectivity index (χ0) is 35.5. The van der Waals surface area contributed by atoms with Crippen molar-refractivity contribution >= 4 is 56.1 Å². The van der Waals surface area contributed by atoms with Crippen LogP contribution in [0.5, 0.6) is 0 Å². The third-order valence-corrected chi connectivity index (χ3v) is 9.43. The number of amides is 4. The summed E-state index contributed by atoms with van der Waals surface area (Å²) in [6.45, 7) is 6.38. The number of anilines is 2. The van der Waals surface area contributed by atoms with Gasteiger partial charge >= 0.3 is 109 Å². The van der Waals surface area contributed by atoms with Crippen LogP contribution in [0.2, 0.25) is 0 Å². The number of unbranched alkanes of at least 4 members (excludes halogenated alkanes) is 1. The van der Waals surface area contributed by atoms with Crippen LogP contribution >= 0.6 is 0 Å². The predicted octanol–water partition coefficient (Wildman–Crippen LogP) is -1.43. The van der Waals surface area contributed by atoms with Crippen molar-refractivity contribution in [3.63, 3.8) is 0 Å². The number of nitrogens with zero attached hydrogens (tertiary/aromatic N) is 3. The molecular weight excluding hydrogens is 725 g/mol. The SMILES string of the molecule is CCN1C(=O)C(=CC=CC=CC=C2N(CCCCS(=O)(=O)[O-])c3ccc4ccccc4c3C2(C)C)C(=O)N(c2ccc(C(=O)[O-])cc2)C1=O.[K+].[K+]. The maximum absolute atomic E-state index is 13.3. The van der Waals surface area contributed by atoms with E-state index >= 15 is 0 Å². The van der Waals surface area contributed by atoms with Crippen LogP contribution < -0.4 is 118 Å². The number of fused-ring (bicyclic) bond motifs is 3. The van der Waals surface area contributed by atoms with E-state index in [0.717, 1.165) is 37.5 Å². The minimum absolute atomic E-state index is 0. The molecule has 0 radical (unpaired) electrons. The van der Waals surface area contributed by atoms with E-state index in [9.17, 15) is 37.3 Å². The molecule has 3 aromatic carbocycles. The summed E-state index contributed by atoms with van der Waals surface area (Å²) < 4.78 is 33.6. The standard InChI is InChI=1S/C37H37N3O8S.2K/c1-4-38-33(41)29(34(42)40(36(38)45)27-20-17-26(18-21-27)35(43)44)15-7-5-6-8-16-31-37(2,3)32-28-14-10-9-13-25(28)19-22-30(32)39(31)23-11-12-24-49(46,47)48;;/h5-10,13-22H,4,11-12,23-24H2,1-3H3,(H,43,44)(H,46,47,48);;/q;2*+1/p-2. The molecule has 0 bridgehead atoms. The number of hydrogen-bond donors (Lipinski definition) is 0. The van der Waals surface area contributed by atoms with Gasteiger partial charge in [0.1, 0.15) is 5.57 Å². The van der Waals surface area contributed by atoms with Gasteiger partial charge in [0, 0.05) is 35.6 Å². The number of benzene rings is 3.